The number of hydrogen-bond donors (Lipinski definition) is 2. The van der Waals surface area contributed by atoms with E-state index in [4.69, 9.17) is 9.81 Å². The molecule has 0 rings (SSSR count). The summed E-state index contributed by atoms with van der Waals surface area (Å²) < 4.78 is 4.47. The Balaban J connectivity index is 0. The van der Waals surface area contributed by atoms with Gasteiger partial charge in [0.1, 0.15) is 4.91 Å². The predicted molar refractivity (Wildman–Crippen MR) is 25.8 cm³/mol. The van der Waals surface area contributed by atoms with E-state index in [9.17, 15) is 4.91 Å². The Labute approximate surface area is 68.7 Å². The molecular weight excluding hydrogens is 345 g/mol. The van der Waals surface area contributed by atoms with Crippen LogP contribution in [0.3, 0.4) is 0 Å². The van der Waals surface area contributed by atoms with Crippen LogP contribution in [0, 0.1) is 14.7 Å². The van der Waals surface area contributed by atoms with Crippen LogP contribution in [0.5, 0.6) is 0 Å². The van der Waals surface area contributed by atoms with Gasteiger partial charge in [-0.05, 0) is 0 Å². The number of nitrogens with two attached hydrogens (primary N) is 2. The second-order valence-corrected chi connectivity index (χ2v) is 1.90. The van der Waals surface area contributed by atoms with E-state index in [0.717, 1.165) is 0 Å². The molecular formula is H4N5O5Pt+. The normalized spacial score (nSPS) is 7.09. The molecule has 0 aliphatic carbocycles. The Hall–Kier alpha value is -0.992. The summed E-state index contributed by atoms with van der Waals surface area (Å²) in [6.07, 6.45) is 0. The second-order valence-electron chi connectivity index (χ2n) is 0.613. The van der Waals surface area contributed by atoms with Gasteiger partial charge < -0.3 is 0 Å². The molecule has 0 aromatic rings. The first-order valence-corrected chi connectivity index (χ1v) is 3.70. The minimum atomic E-state index is -1.24. The van der Waals surface area contributed by atoms with Gasteiger partial charge in [-0.1, -0.05) is 21.7 Å². The van der Waals surface area contributed by atoms with Gasteiger partial charge in [-0.2, -0.15) is 0 Å². The fourth-order valence-electron chi connectivity index (χ4n) is 0.0354. The van der Waals surface area contributed by atoms with E-state index in [-0.39, 0.29) is 0 Å². The Bertz CT molecular complexity index is 112. The van der Waals surface area contributed by atoms with Crippen molar-refractivity contribution < 1.29 is 34.0 Å². The molecule has 68 valence electrons. The standard InChI is InChI=1S/H4N3O3.2NO.Pt/c1-5-3(4)6-2;2*1-2;/h1-2H2;;;/q+1;2*-1;+2. The first-order chi connectivity index (χ1) is 5.22. The zero-order valence-corrected chi connectivity index (χ0v) is 7.13. The van der Waals surface area contributed by atoms with Crippen molar-refractivity contribution in [2.75, 3.05) is 0 Å². The molecule has 0 radical (unpaired) electrons. The van der Waals surface area contributed by atoms with Gasteiger partial charge in [0.05, 0.1) is 0 Å². The fourth-order valence-corrected chi connectivity index (χ4v) is 0.111. The van der Waals surface area contributed by atoms with Gasteiger partial charge in [-0.25, -0.2) is 0 Å². The Kier molecular flexibility index (Phi) is 13.5. The number of nitrogens with zero attached hydrogens (tertiary/aromatic N) is 3. The van der Waals surface area contributed by atoms with Gasteiger partial charge in [0, 0.05) is 0 Å². The summed E-state index contributed by atoms with van der Waals surface area (Å²) in [4.78, 5) is 33.9. The van der Waals surface area contributed by atoms with Crippen molar-refractivity contribution in [1.29, 1.82) is 0 Å². The van der Waals surface area contributed by atoms with E-state index >= 15 is 0 Å². The zero-order valence-electron chi connectivity index (χ0n) is 4.85. The summed E-state index contributed by atoms with van der Waals surface area (Å²) in [6.45, 7) is 0. The quantitative estimate of drug-likeness (QED) is 0.478. The van der Waals surface area contributed by atoms with Gasteiger partial charge >= 0.3 is 41.4 Å². The zero-order chi connectivity index (χ0) is 9.11. The molecule has 0 aromatic carbocycles. The first-order valence-electron chi connectivity index (χ1n) is 1.67. The summed E-state index contributed by atoms with van der Waals surface area (Å²) in [7, 11) is 0. The third kappa shape index (κ3) is 17.6. The topological polar surface area (TPSA) is 149 Å². The van der Waals surface area contributed by atoms with Crippen molar-refractivity contribution >= 4 is 0 Å². The molecule has 0 aliphatic heterocycles. The van der Waals surface area contributed by atoms with E-state index in [2.05, 4.69) is 29.1 Å². The Morgan fingerprint density at radius 2 is 1.55 bits per heavy atom. The molecule has 10 nitrogen and oxygen atoms in total. The molecule has 0 fully saturated rings. The number of rotatable bonds is 4. The minimum absolute atomic E-state index is 0.444. The molecule has 4 N–H and O–H groups in total. The Morgan fingerprint density at radius 1 is 1.18 bits per heavy atom. The molecule has 0 heterocycles. The van der Waals surface area contributed by atoms with Crippen LogP contribution < -0.4 is 11.8 Å². The van der Waals surface area contributed by atoms with E-state index < -0.39 is 24.2 Å². The molecule has 0 spiro atoms. The second kappa shape index (κ2) is 11.8. The van der Waals surface area contributed by atoms with Crippen LogP contribution in [0.15, 0.2) is 7.47 Å². The van der Waals surface area contributed by atoms with E-state index in [1.807, 2.05) is 0 Å². The van der Waals surface area contributed by atoms with Gasteiger partial charge in [0.15, 0.2) is 0 Å². The van der Waals surface area contributed by atoms with Gasteiger partial charge in [-0.3, -0.25) is 0 Å². The first kappa shape index (κ1) is 12.7. The fraction of sp³-hybridized carbons (Fsp3) is 0. The number of hydrogen-bond acceptors (Lipinski definition) is 9. The SMILES string of the molecule is NO[N+](=O)ON.O=[N][Pt][N]=O. The molecule has 0 aliphatic rings. The number of nitroso groups, excluding NO2 is 2. The summed E-state index contributed by atoms with van der Waals surface area (Å²) in [5.74, 6) is 8.38. The van der Waals surface area contributed by atoms with Crippen molar-refractivity contribution in [2.45, 2.75) is 0 Å². The van der Waals surface area contributed by atoms with Crippen LogP contribution in [0.2, 0.25) is 0 Å². The van der Waals surface area contributed by atoms with Crippen molar-refractivity contribution in [3.63, 3.8) is 0 Å². The summed E-state index contributed by atoms with van der Waals surface area (Å²) in [5, 5.41) is -0.444. The molecule has 0 saturated heterocycles. The summed E-state index contributed by atoms with van der Waals surface area (Å²) >= 11 is -1.24. The molecule has 11 heteroatoms. The van der Waals surface area contributed by atoms with Crippen molar-refractivity contribution in [3.05, 3.63) is 14.7 Å². The van der Waals surface area contributed by atoms with E-state index in [1.54, 1.807) is 0 Å². The molecule has 0 amide bonds. The Morgan fingerprint density at radius 3 is 1.55 bits per heavy atom. The average Bonchev–Trinajstić information content (AvgIpc) is 2.06. The monoisotopic (exact) mass is 349 g/mol. The maximum absolute atomic E-state index is 9.40. The maximum atomic E-state index is 9.40. The summed E-state index contributed by atoms with van der Waals surface area (Å²) in [6, 6.07) is 0. The van der Waals surface area contributed by atoms with Crippen molar-refractivity contribution in [2.24, 2.45) is 19.3 Å². The van der Waals surface area contributed by atoms with Gasteiger partial charge in [-0.15, -0.1) is 0 Å². The van der Waals surface area contributed by atoms with Crippen LogP contribution in [-0.2, 0) is 28.9 Å². The van der Waals surface area contributed by atoms with Gasteiger partial charge in [0.25, 0.3) is 0 Å². The van der Waals surface area contributed by atoms with Crippen LogP contribution in [0.4, 0.5) is 0 Å². The molecule has 0 aromatic heterocycles. The third-order valence-corrected chi connectivity index (χ3v) is 0.595. The molecule has 0 atom stereocenters. The van der Waals surface area contributed by atoms with Crippen LogP contribution in [0.1, 0.15) is 0 Å². The molecule has 0 unspecified atom stereocenters. The van der Waals surface area contributed by atoms with Crippen molar-refractivity contribution in [3.8, 4) is 0 Å². The van der Waals surface area contributed by atoms with Crippen LogP contribution >= 0.6 is 0 Å². The van der Waals surface area contributed by atoms with Gasteiger partial charge in [0.2, 0.25) is 0 Å². The molecule has 0 saturated carbocycles. The van der Waals surface area contributed by atoms with Crippen LogP contribution in [-0.4, -0.2) is 5.09 Å². The third-order valence-electron chi connectivity index (χ3n) is 0.224. The molecule has 0 bridgehead atoms. The average molecular weight is 349 g/mol. The van der Waals surface area contributed by atoms with E-state index in [0.29, 0.717) is 0 Å². The molecule has 11 heavy (non-hydrogen) atoms. The summed E-state index contributed by atoms with van der Waals surface area (Å²) in [5.41, 5.74) is 0. The van der Waals surface area contributed by atoms with Crippen molar-refractivity contribution in [1.82, 2.24) is 0 Å². The predicted octanol–water partition coefficient (Wildman–Crippen LogP) is -1.19. The van der Waals surface area contributed by atoms with E-state index in [1.165, 1.54) is 0 Å². The van der Waals surface area contributed by atoms with Crippen LogP contribution in [0.25, 0.3) is 0 Å².